The van der Waals surface area contributed by atoms with Crippen LogP contribution in [0.25, 0.3) is 0 Å². The fourth-order valence-corrected chi connectivity index (χ4v) is 2.06. The topological polar surface area (TPSA) is 71.9 Å². The van der Waals surface area contributed by atoms with Crippen LogP contribution in [0.3, 0.4) is 0 Å². The van der Waals surface area contributed by atoms with Gasteiger partial charge in [0.05, 0.1) is 19.8 Å². The minimum absolute atomic E-state index is 0.0000849. The van der Waals surface area contributed by atoms with Gasteiger partial charge >= 0.3 is 0 Å². The van der Waals surface area contributed by atoms with E-state index in [1.807, 2.05) is 19.2 Å². The Balaban J connectivity index is 1.78. The Morgan fingerprint density at radius 2 is 1.90 bits per heavy atom. The van der Waals surface area contributed by atoms with Gasteiger partial charge in [0, 0.05) is 6.04 Å². The number of hydrogen-bond acceptors (Lipinski definition) is 3. The number of anilines is 1. The number of amides is 2. The lowest BCUT2D eigenvalue weighted by Gasteiger charge is -2.14. The lowest BCUT2D eigenvalue weighted by molar-refractivity contribution is -0.862. The molecule has 1 atom stereocenters. The number of carbonyl (C=O) groups excluding carboxylic acids is 2. The van der Waals surface area contributed by atoms with Crippen LogP contribution in [0.4, 0.5) is 5.69 Å². The van der Waals surface area contributed by atoms with Crippen molar-refractivity contribution in [2.75, 3.05) is 32.6 Å². The van der Waals surface area contributed by atoms with E-state index in [2.05, 4.69) is 10.6 Å². The third-order valence-electron chi connectivity index (χ3n) is 3.25. The van der Waals surface area contributed by atoms with Crippen molar-refractivity contribution in [1.82, 2.24) is 5.32 Å². The molecule has 1 saturated carbocycles. The average Bonchev–Trinajstić information content (AvgIpc) is 3.22. The van der Waals surface area contributed by atoms with Crippen molar-refractivity contribution < 1.29 is 19.2 Å². The minimum Gasteiger partial charge on any atom is -0.495 e. The molecule has 114 valence electrons. The molecule has 6 heteroatoms. The van der Waals surface area contributed by atoms with Gasteiger partial charge in [-0.25, -0.2) is 0 Å². The zero-order chi connectivity index (χ0) is 15.2. The molecular formula is C15H22N3O3+. The largest absolute Gasteiger partial charge is 0.495 e. The number of hydrogen-bond donors (Lipinski definition) is 3. The van der Waals surface area contributed by atoms with Gasteiger partial charge in [0.2, 0.25) is 0 Å². The summed E-state index contributed by atoms with van der Waals surface area (Å²) >= 11 is 0. The van der Waals surface area contributed by atoms with Crippen LogP contribution < -0.4 is 20.3 Å². The zero-order valence-corrected chi connectivity index (χ0v) is 12.4. The Kier molecular flexibility index (Phi) is 5.16. The first-order valence-corrected chi connectivity index (χ1v) is 7.12. The predicted octanol–water partition coefficient (Wildman–Crippen LogP) is -0.573. The SMILES string of the molecule is COc1ccccc1NC(=O)C[NH+](C)CC(=O)NC1CC1. The van der Waals surface area contributed by atoms with Crippen LogP contribution in [0.15, 0.2) is 24.3 Å². The summed E-state index contributed by atoms with van der Waals surface area (Å²) in [6, 6.07) is 7.60. The molecule has 1 unspecified atom stereocenters. The van der Waals surface area contributed by atoms with Crippen LogP contribution in [0, 0.1) is 0 Å². The monoisotopic (exact) mass is 292 g/mol. The number of benzene rings is 1. The Morgan fingerprint density at radius 3 is 2.57 bits per heavy atom. The molecule has 2 rings (SSSR count). The second-order valence-corrected chi connectivity index (χ2v) is 5.40. The third-order valence-corrected chi connectivity index (χ3v) is 3.25. The Hall–Kier alpha value is -2.08. The number of methoxy groups -OCH3 is 1. The number of quaternary nitrogens is 1. The lowest BCUT2D eigenvalue weighted by Crippen LogP contribution is -3.11. The molecule has 0 heterocycles. The van der Waals surface area contributed by atoms with E-state index in [0.29, 0.717) is 24.0 Å². The second-order valence-electron chi connectivity index (χ2n) is 5.40. The molecule has 1 fully saturated rings. The predicted molar refractivity (Wildman–Crippen MR) is 79.4 cm³/mol. The molecule has 3 N–H and O–H groups in total. The van der Waals surface area contributed by atoms with Gasteiger partial charge in [-0.15, -0.1) is 0 Å². The van der Waals surface area contributed by atoms with E-state index in [1.54, 1.807) is 19.2 Å². The van der Waals surface area contributed by atoms with E-state index in [1.165, 1.54) is 0 Å². The second kappa shape index (κ2) is 7.08. The highest BCUT2D eigenvalue weighted by molar-refractivity contribution is 5.93. The molecule has 21 heavy (non-hydrogen) atoms. The van der Waals surface area contributed by atoms with Gasteiger partial charge in [0.15, 0.2) is 13.1 Å². The van der Waals surface area contributed by atoms with E-state index in [4.69, 9.17) is 4.74 Å². The lowest BCUT2D eigenvalue weighted by atomic mass is 10.3. The molecule has 0 saturated heterocycles. The molecule has 1 aromatic carbocycles. The molecule has 0 radical (unpaired) electrons. The van der Waals surface area contributed by atoms with Crippen LogP contribution in [-0.2, 0) is 9.59 Å². The van der Waals surface area contributed by atoms with Crippen LogP contribution in [0.1, 0.15) is 12.8 Å². The van der Waals surface area contributed by atoms with Gasteiger partial charge in [-0.05, 0) is 25.0 Å². The van der Waals surface area contributed by atoms with E-state index < -0.39 is 0 Å². The Bertz CT molecular complexity index is 515. The number of rotatable bonds is 7. The third kappa shape index (κ3) is 5.07. The Morgan fingerprint density at radius 1 is 1.24 bits per heavy atom. The highest BCUT2D eigenvalue weighted by atomic mass is 16.5. The standard InChI is InChI=1S/C15H21N3O3/c1-18(9-14(19)16-11-7-8-11)10-15(20)17-12-5-3-4-6-13(12)21-2/h3-6,11H,7-10H2,1-2H3,(H,16,19)(H,17,20)/p+1. The number of nitrogens with one attached hydrogen (secondary N) is 3. The maximum atomic E-state index is 12.0. The van der Waals surface area contributed by atoms with Gasteiger partial charge in [0.25, 0.3) is 11.8 Å². The van der Waals surface area contributed by atoms with Crippen LogP contribution in [0.2, 0.25) is 0 Å². The molecule has 0 bridgehead atoms. The van der Waals surface area contributed by atoms with Crippen molar-refractivity contribution >= 4 is 17.5 Å². The van der Waals surface area contributed by atoms with Gasteiger partial charge in [-0.1, -0.05) is 12.1 Å². The molecular weight excluding hydrogens is 270 g/mol. The summed E-state index contributed by atoms with van der Waals surface area (Å²) in [4.78, 5) is 24.5. The summed E-state index contributed by atoms with van der Waals surface area (Å²) in [5.74, 6) is 0.478. The van der Waals surface area contributed by atoms with Crippen LogP contribution >= 0.6 is 0 Å². The summed E-state index contributed by atoms with van der Waals surface area (Å²) in [5, 5.41) is 5.72. The van der Waals surface area contributed by atoms with E-state index >= 15 is 0 Å². The number of para-hydroxylation sites is 2. The molecule has 0 aliphatic heterocycles. The van der Waals surface area contributed by atoms with Crippen molar-refractivity contribution in [3.63, 3.8) is 0 Å². The fourth-order valence-electron chi connectivity index (χ4n) is 2.06. The van der Waals surface area contributed by atoms with Crippen LogP contribution in [-0.4, -0.2) is 45.1 Å². The molecule has 0 spiro atoms. The van der Waals surface area contributed by atoms with Crippen molar-refractivity contribution in [2.45, 2.75) is 18.9 Å². The number of ether oxygens (including phenoxy) is 1. The molecule has 6 nitrogen and oxygen atoms in total. The van der Waals surface area contributed by atoms with E-state index in [-0.39, 0.29) is 18.4 Å². The smallest absolute Gasteiger partial charge is 0.279 e. The average molecular weight is 292 g/mol. The van der Waals surface area contributed by atoms with Gasteiger partial charge in [-0.3, -0.25) is 9.59 Å². The van der Waals surface area contributed by atoms with Crippen molar-refractivity contribution in [2.24, 2.45) is 0 Å². The summed E-state index contributed by atoms with van der Waals surface area (Å²) in [6.45, 7) is 0.534. The highest BCUT2D eigenvalue weighted by Crippen LogP contribution is 2.22. The first-order chi connectivity index (χ1) is 10.1. The fraction of sp³-hybridized carbons (Fsp3) is 0.467. The van der Waals surface area contributed by atoms with Crippen molar-refractivity contribution in [3.8, 4) is 5.75 Å². The maximum Gasteiger partial charge on any atom is 0.279 e. The van der Waals surface area contributed by atoms with E-state index in [0.717, 1.165) is 17.7 Å². The Labute approximate surface area is 124 Å². The molecule has 0 aromatic heterocycles. The van der Waals surface area contributed by atoms with Crippen molar-refractivity contribution in [1.29, 1.82) is 0 Å². The highest BCUT2D eigenvalue weighted by Gasteiger charge is 2.24. The van der Waals surface area contributed by atoms with Gasteiger partial charge in [-0.2, -0.15) is 0 Å². The van der Waals surface area contributed by atoms with E-state index in [9.17, 15) is 9.59 Å². The first kappa shape index (κ1) is 15.3. The quantitative estimate of drug-likeness (QED) is 0.630. The molecule has 1 aliphatic carbocycles. The van der Waals surface area contributed by atoms with Gasteiger partial charge < -0.3 is 20.3 Å². The summed E-state index contributed by atoms with van der Waals surface area (Å²) in [7, 11) is 3.39. The molecule has 1 aromatic rings. The van der Waals surface area contributed by atoms with Crippen molar-refractivity contribution in [3.05, 3.63) is 24.3 Å². The van der Waals surface area contributed by atoms with Gasteiger partial charge in [0.1, 0.15) is 5.75 Å². The number of likely N-dealkylation sites (N-methyl/N-ethyl adjacent to an activating group) is 1. The maximum absolute atomic E-state index is 12.0. The summed E-state index contributed by atoms with van der Waals surface area (Å²) in [5.41, 5.74) is 0.639. The summed E-state index contributed by atoms with van der Waals surface area (Å²) in [6.07, 6.45) is 2.14. The zero-order valence-electron chi connectivity index (χ0n) is 12.4. The molecule has 2 amide bonds. The first-order valence-electron chi connectivity index (χ1n) is 7.12. The normalized spacial score (nSPS) is 15.1. The minimum atomic E-state index is -0.142. The molecule has 1 aliphatic rings. The number of carbonyl (C=O) groups is 2. The summed E-state index contributed by atoms with van der Waals surface area (Å²) < 4.78 is 5.18. The van der Waals surface area contributed by atoms with Crippen LogP contribution in [0.5, 0.6) is 5.75 Å².